The fourth-order valence-corrected chi connectivity index (χ4v) is 3.69. The number of hydrogen-bond donors (Lipinski definition) is 2. The van der Waals surface area contributed by atoms with Gasteiger partial charge in [0.1, 0.15) is 0 Å². The van der Waals surface area contributed by atoms with Crippen LogP contribution in [0.3, 0.4) is 0 Å². The number of nitrogens with one attached hydrogen (secondary N) is 2. The topological polar surface area (TPSA) is 75.3 Å². The van der Waals surface area contributed by atoms with E-state index in [1.165, 1.54) is 24.3 Å². The Balaban J connectivity index is 1.78. The Morgan fingerprint density at radius 1 is 1.03 bits per heavy atom. The first-order valence-corrected chi connectivity index (χ1v) is 10.5. The largest absolute Gasteiger partial charge is 0.416 e. The van der Waals surface area contributed by atoms with Crippen LogP contribution in [0.1, 0.15) is 42.5 Å². The SMILES string of the molecule is Cc1ccc(S(=O)(=O)NCCCC(=O)N[C@H](C)c2ccc(C(F)(F)F)cc2)cc1. The standard InChI is InChI=1S/C20H23F3N2O3S/c1-14-5-11-18(12-6-14)29(27,28)24-13-3-4-19(26)25-15(2)16-7-9-17(10-8-16)20(21,22)23/h5-12,15,24H,3-4,13H2,1-2H3,(H,25,26)/t15-/m1/s1. The molecule has 158 valence electrons. The van der Waals surface area contributed by atoms with Crippen molar-refractivity contribution in [3.05, 3.63) is 65.2 Å². The number of amides is 1. The van der Waals surface area contributed by atoms with Crippen molar-refractivity contribution in [2.24, 2.45) is 0 Å². The van der Waals surface area contributed by atoms with Gasteiger partial charge in [-0.25, -0.2) is 13.1 Å². The average molecular weight is 428 g/mol. The second-order valence-corrected chi connectivity index (χ2v) is 8.49. The van der Waals surface area contributed by atoms with Crippen LogP contribution in [-0.4, -0.2) is 20.9 Å². The number of benzene rings is 2. The molecule has 0 aromatic heterocycles. The van der Waals surface area contributed by atoms with E-state index in [1.807, 2.05) is 6.92 Å². The summed E-state index contributed by atoms with van der Waals surface area (Å²) in [6, 6.07) is 10.5. The molecule has 0 aliphatic heterocycles. The number of hydrogen-bond acceptors (Lipinski definition) is 3. The highest BCUT2D eigenvalue weighted by Gasteiger charge is 2.30. The first kappa shape index (κ1) is 22.9. The maximum atomic E-state index is 12.6. The van der Waals surface area contributed by atoms with E-state index in [-0.39, 0.29) is 30.2 Å². The number of carbonyl (C=O) groups excluding carboxylic acids is 1. The third-order valence-corrected chi connectivity index (χ3v) is 5.80. The summed E-state index contributed by atoms with van der Waals surface area (Å²) in [6.07, 6.45) is -4.03. The van der Waals surface area contributed by atoms with Crippen LogP contribution in [-0.2, 0) is 21.0 Å². The van der Waals surface area contributed by atoms with Crippen LogP contribution in [0.25, 0.3) is 0 Å². The molecule has 0 aliphatic carbocycles. The van der Waals surface area contributed by atoms with Crippen molar-refractivity contribution >= 4 is 15.9 Å². The summed E-state index contributed by atoms with van der Waals surface area (Å²) in [7, 11) is -3.63. The Morgan fingerprint density at radius 2 is 1.62 bits per heavy atom. The second-order valence-electron chi connectivity index (χ2n) is 6.72. The van der Waals surface area contributed by atoms with Crippen LogP contribution < -0.4 is 10.0 Å². The summed E-state index contributed by atoms with van der Waals surface area (Å²) in [5, 5.41) is 2.69. The van der Waals surface area contributed by atoms with Crippen LogP contribution in [0, 0.1) is 6.92 Å². The van der Waals surface area contributed by atoms with Gasteiger partial charge in [0.2, 0.25) is 15.9 Å². The van der Waals surface area contributed by atoms with Gasteiger partial charge in [-0.15, -0.1) is 0 Å². The maximum Gasteiger partial charge on any atom is 0.416 e. The average Bonchev–Trinajstić information content (AvgIpc) is 2.65. The molecule has 0 saturated carbocycles. The van der Waals surface area contributed by atoms with Gasteiger partial charge in [-0.1, -0.05) is 29.8 Å². The lowest BCUT2D eigenvalue weighted by atomic mass is 10.1. The summed E-state index contributed by atoms with van der Waals surface area (Å²) in [5.74, 6) is -0.313. The van der Waals surface area contributed by atoms with Crippen molar-refractivity contribution in [3.63, 3.8) is 0 Å². The van der Waals surface area contributed by atoms with Crippen LogP contribution in [0.5, 0.6) is 0 Å². The van der Waals surface area contributed by atoms with Gasteiger partial charge in [0.25, 0.3) is 0 Å². The molecule has 0 unspecified atom stereocenters. The summed E-state index contributed by atoms with van der Waals surface area (Å²) in [4.78, 5) is 12.2. The van der Waals surface area contributed by atoms with Crippen LogP contribution in [0.4, 0.5) is 13.2 Å². The molecule has 2 aromatic rings. The third-order valence-electron chi connectivity index (χ3n) is 4.32. The minimum atomic E-state index is -4.41. The molecular formula is C20H23F3N2O3S. The minimum absolute atomic E-state index is 0.0847. The lowest BCUT2D eigenvalue weighted by Crippen LogP contribution is -2.29. The molecule has 0 fully saturated rings. The normalized spacial score (nSPS) is 13.1. The molecule has 0 saturated heterocycles. The summed E-state index contributed by atoms with van der Waals surface area (Å²) < 4.78 is 64.5. The van der Waals surface area contributed by atoms with Crippen LogP contribution in [0.15, 0.2) is 53.4 Å². The molecule has 0 radical (unpaired) electrons. The van der Waals surface area contributed by atoms with Crippen LogP contribution in [0.2, 0.25) is 0 Å². The molecule has 0 bridgehead atoms. The number of rotatable bonds is 8. The van der Waals surface area contributed by atoms with Gasteiger partial charge >= 0.3 is 6.18 Å². The smallest absolute Gasteiger partial charge is 0.350 e. The first-order chi connectivity index (χ1) is 13.5. The molecule has 2 rings (SSSR count). The maximum absolute atomic E-state index is 12.6. The lowest BCUT2D eigenvalue weighted by molar-refractivity contribution is -0.137. The van der Waals surface area contributed by atoms with E-state index in [9.17, 15) is 26.4 Å². The predicted molar refractivity (Wildman–Crippen MR) is 104 cm³/mol. The minimum Gasteiger partial charge on any atom is -0.350 e. The Hall–Kier alpha value is -2.39. The number of aryl methyl sites for hydroxylation is 1. The molecule has 29 heavy (non-hydrogen) atoms. The second kappa shape index (κ2) is 9.41. The molecule has 2 aromatic carbocycles. The Bertz CT molecular complexity index is 925. The van der Waals surface area contributed by atoms with Gasteiger partial charge in [-0.2, -0.15) is 13.2 Å². The number of alkyl halides is 3. The fraction of sp³-hybridized carbons (Fsp3) is 0.350. The fourth-order valence-electron chi connectivity index (χ4n) is 2.61. The van der Waals surface area contributed by atoms with E-state index in [0.29, 0.717) is 5.56 Å². The van der Waals surface area contributed by atoms with Crippen molar-refractivity contribution in [3.8, 4) is 0 Å². The Morgan fingerprint density at radius 3 is 2.17 bits per heavy atom. The lowest BCUT2D eigenvalue weighted by Gasteiger charge is -2.15. The molecule has 1 atom stereocenters. The van der Waals surface area contributed by atoms with E-state index >= 15 is 0 Å². The van der Waals surface area contributed by atoms with Crippen molar-refractivity contribution in [1.82, 2.24) is 10.0 Å². The van der Waals surface area contributed by atoms with Crippen molar-refractivity contribution in [2.45, 2.75) is 43.8 Å². The van der Waals surface area contributed by atoms with E-state index in [4.69, 9.17) is 0 Å². The molecule has 9 heteroatoms. The highest BCUT2D eigenvalue weighted by atomic mass is 32.2. The highest BCUT2D eigenvalue weighted by molar-refractivity contribution is 7.89. The van der Waals surface area contributed by atoms with E-state index in [2.05, 4.69) is 10.0 Å². The molecule has 0 heterocycles. The first-order valence-electron chi connectivity index (χ1n) is 9.02. The van der Waals surface area contributed by atoms with Crippen molar-refractivity contribution in [1.29, 1.82) is 0 Å². The van der Waals surface area contributed by atoms with Crippen molar-refractivity contribution < 1.29 is 26.4 Å². The molecule has 5 nitrogen and oxygen atoms in total. The molecule has 0 aliphatic rings. The molecule has 0 spiro atoms. The zero-order chi connectivity index (χ0) is 21.7. The third kappa shape index (κ3) is 6.86. The van der Waals surface area contributed by atoms with Gasteiger partial charge in [-0.05, 0) is 50.1 Å². The van der Waals surface area contributed by atoms with Gasteiger partial charge < -0.3 is 5.32 Å². The van der Waals surface area contributed by atoms with E-state index in [0.717, 1.165) is 17.7 Å². The quantitative estimate of drug-likeness (QED) is 0.625. The van der Waals surface area contributed by atoms with Crippen molar-refractivity contribution in [2.75, 3.05) is 6.54 Å². The zero-order valence-corrected chi connectivity index (χ0v) is 16.9. The van der Waals surface area contributed by atoms with Gasteiger partial charge in [0.05, 0.1) is 16.5 Å². The Kier molecular flexibility index (Phi) is 7.43. The monoisotopic (exact) mass is 428 g/mol. The van der Waals surface area contributed by atoms with E-state index in [1.54, 1.807) is 19.1 Å². The Labute approximate surface area is 168 Å². The molecule has 2 N–H and O–H groups in total. The molecule has 1 amide bonds. The summed E-state index contributed by atoms with van der Waals surface area (Å²) in [5.41, 5.74) is 0.745. The number of halogens is 3. The summed E-state index contributed by atoms with van der Waals surface area (Å²) in [6.45, 7) is 3.62. The summed E-state index contributed by atoms with van der Waals surface area (Å²) >= 11 is 0. The highest BCUT2D eigenvalue weighted by Crippen LogP contribution is 2.29. The predicted octanol–water partition coefficient (Wildman–Crippen LogP) is 3.95. The molecular weight excluding hydrogens is 405 g/mol. The zero-order valence-electron chi connectivity index (χ0n) is 16.1. The van der Waals surface area contributed by atoms with Gasteiger partial charge in [0, 0.05) is 13.0 Å². The number of carbonyl (C=O) groups is 1. The van der Waals surface area contributed by atoms with Gasteiger partial charge in [0.15, 0.2) is 0 Å². The van der Waals surface area contributed by atoms with Crippen LogP contribution >= 0.6 is 0 Å². The number of sulfonamides is 1. The van der Waals surface area contributed by atoms with Gasteiger partial charge in [-0.3, -0.25) is 4.79 Å². The van der Waals surface area contributed by atoms with E-state index < -0.39 is 27.8 Å².